The summed E-state index contributed by atoms with van der Waals surface area (Å²) in [6.07, 6.45) is -4.90. The molecular formula is C16H13F3N2O2. The van der Waals surface area contributed by atoms with Crippen molar-refractivity contribution in [3.63, 3.8) is 0 Å². The molecule has 7 heteroatoms. The van der Waals surface area contributed by atoms with E-state index >= 15 is 0 Å². The molecule has 0 spiro atoms. The molecule has 1 atom stereocenters. The number of aryl methyl sites for hydroxylation is 1. The van der Waals surface area contributed by atoms with Gasteiger partial charge in [0.2, 0.25) is 11.6 Å². The molecule has 120 valence electrons. The molecule has 0 radical (unpaired) electrons. The van der Waals surface area contributed by atoms with Crippen molar-refractivity contribution in [2.75, 3.05) is 0 Å². The lowest BCUT2D eigenvalue weighted by Crippen LogP contribution is -2.30. The van der Waals surface area contributed by atoms with Crippen LogP contribution in [0.5, 0.6) is 0 Å². The van der Waals surface area contributed by atoms with Crippen LogP contribution in [0.25, 0.3) is 0 Å². The molecule has 0 aromatic heterocycles. The van der Waals surface area contributed by atoms with Gasteiger partial charge in [0.15, 0.2) is 5.78 Å². The predicted octanol–water partition coefficient (Wildman–Crippen LogP) is 3.21. The first kappa shape index (κ1) is 16.6. The molecule has 0 saturated carbocycles. The summed E-state index contributed by atoms with van der Waals surface area (Å²) in [7, 11) is 0. The highest BCUT2D eigenvalue weighted by Crippen LogP contribution is 2.45. The highest BCUT2D eigenvalue weighted by molar-refractivity contribution is 5.97. The average molecular weight is 322 g/mol. The Morgan fingerprint density at radius 2 is 1.96 bits per heavy atom. The first-order valence-corrected chi connectivity index (χ1v) is 6.63. The summed E-state index contributed by atoms with van der Waals surface area (Å²) >= 11 is 0. The van der Waals surface area contributed by atoms with Crippen molar-refractivity contribution >= 4 is 5.78 Å². The Hall–Kier alpha value is -2.75. The lowest BCUT2D eigenvalue weighted by atomic mass is 9.79. The molecule has 2 N–H and O–H groups in total. The maximum Gasteiger partial charge on any atom is 0.450 e. The molecule has 1 aromatic carbocycles. The van der Waals surface area contributed by atoms with Crippen LogP contribution in [0.4, 0.5) is 13.2 Å². The van der Waals surface area contributed by atoms with Crippen LogP contribution in [-0.4, -0.2) is 12.0 Å². The fourth-order valence-electron chi connectivity index (χ4n) is 2.55. The zero-order valence-electron chi connectivity index (χ0n) is 12.4. The molecule has 1 aromatic rings. The summed E-state index contributed by atoms with van der Waals surface area (Å²) in [4.78, 5) is 11.9. The molecule has 0 amide bonds. The third-order valence-corrected chi connectivity index (χ3v) is 3.56. The van der Waals surface area contributed by atoms with Crippen molar-refractivity contribution in [3.8, 4) is 6.07 Å². The Kier molecular flexibility index (Phi) is 4.19. The molecule has 1 unspecified atom stereocenters. The molecule has 0 bridgehead atoms. The number of benzene rings is 1. The molecule has 1 heterocycles. The monoisotopic (exact) mass is 322 g/mol. The number of ether oxygens (including phenoxy) is 1. The number of nitrogens with two attached hydrogens (primary N) is 1. The van der Waals surface area contributed by atoms with E-state index in [-0.39, 0.29) is 5.57 Å². The topological polar surface area (TPSA) is 76.1 Å². The van der Waals surface area contributed by atoms with Crippen LogP contribution in [0.15, 0.2) is 47.1 Å². The zero-order valence-corrected chi connectivity index (χ0v) is 12.4. The van der Waals surface area contributed by atoms with Gasteiger partial charge in [-0.1, -0.05) is 24.3 Å². The van der Waals surface area contributed by atoms with Gasteiger partial charge >= 0.3 is 6.18 Å². The molecule has 1 aliphatic rings. The van der Waals surface area contributed by atoms with E-state index in [2.05, 4.69) is 4.74 Å². The SMILES string of the molecule is CC(=O)C1=C(C(F)(F)F)OC(N)=C(C#N)C1c1ccccc1C. The number of Topliss-reactive ketones (excluding diaryl/α,β-unsaturated/α-hetero) is 1. The lowest BCUT2D eigenvalue weighted by Gasteiger charge is -2.29. The van der Waals surface area contributed by atoms with Crippen LogP contribution < -0.4 is 5.73 Å². The average Bonchev–Trinajstić information content (AvgIpc) is 2.45. The number of hydrogen-bond acceptors (Lipinski definition) is 4. The highest BCUT2D eigenvalue weighted by atomic mass is 19.4. The van der Waals surface area contributed by atoms with Gasteiger partial charge in [0.1, 0.15) is 11.6 Å². The van der Waals surface area contributed by atoms with Gasteiger partial charge < -0.3 is 10.5 Å². The summed E-state index contributed by atoms with van der Waals surface area (Å²) in [5.74, 6) is -4.14. The van der Waals surface area contributed by atoms with Gasteiger partial charge in [-0.15, -0.1) is 0 Å². The number of alkyl halides is 3. The largest absolute Gasteiger partial charge is 0.450 e. The molecular weight excluding hydrogens is 309 g/mol. The zero-order chi connectivity index (χ0) is 17.4. The van der Waals surface area contributed by atoms with Gasteiger partial charge in [-0.05, 0) is 25.0 Å². The Labute approximate surface area is 130 Å². The van der Waals surface area contributed by atoms with Crippen molar-refractivity contribution in [1.29, 1.82) is 5.26 Å². The highest BCUT2D eigenvalue weighted by Gasteiger charge is 2.47. The summed E-state index contributed by atoms with van der Waals surface area (Å²) < 4.78 is 44.3. The van der Waals surface area contributed by atoms with Gasteiger partial charge in [-0.3, -0.25) is 4.79 Å². The Morgan fingerprint density at radius 3 is 2.43 bits per heavy atom. The van der Waals surface area contributed by atoms with Crippen molar-refractivity contribution < 1.29 is 22.7 Å². The van der Waals surface area contributed by atoms with Crippen molar-refractivity contribution in [2.45, 2.75) is 25.9 Å². The van der Waals surface area contributed by atoms with Crippen LogP contribution in [0.2, 0.25) is 0 Å². The second kappa shape index (κ2) is 5.80. The Balaban J connectivity index is 2.82. The van der Waals surface area contributed by atoms with Gasteiger partial charge in [0, 0.05) is 0 Å². The Morgan fingerprint density at radius 1 is 1.35 bits per heavy atom. The van der Waals surface area contributed by atoms with Crippen LogP contribution in [0.1, 0.15) is 24.0 Å². The van der Waals surface area contributed by atoms with Crippen molar-refractivity contribution in [1.82, 2.24) is 0 Å². The number of halogens is 3. The van der Waals surface area contributed by atoms with Gasteiger partial charge in [0.25, 0.3) is 0 Å². The summed E-state index contributed by atoms with van der Waals surface area (Å²) in [6.45, 7) is 2.69. The van der Waals surface area contributed by atoms with E-state index in [1.807, 2.05) is 0 Å². The quantitative estimate of drug-likeness (QED) is 0.907. The van der Waals surface area contributed by atoms with Crippen LogP contribution in [0.3, 0.4) is 0 Å². The molecule has 0 saturated heterocycles. The lowest BCUT2D eigenvalue weighted by molar-refractivity contribution is -0.131. The van der Waals surface area contributed by atoms with E-state index in [4.69, 9.17) is 5.73 Å². The minimum Gasteiger partial charge on any atom is -0.435 e. The molecule has 0 fully saturated rings. The Bertz CT molecular complexity index is 770. The van der Waals surface area contributed by atoms with E-state index in [0.717, 1.165) is 6.92 Å². The van der Waals surface area contributed by atoms with E-state index in [0.29, 0.717) is 11.1 Å². The fraction of sp³-hybridized carbons (Fsp3) is 0.250. The maximum atomic E-state index is 13.2. The van der Waals surface area contributed by atoms with Crippen molar-refractivity contribution in [2.24, 2.45) is 5.73 Å². The van der Waals surface area contributed by atoms with E-state index in [9.17, 15) is 23.2 Å². The number of nitriles is 1. The van der Waals surface area contributed by atoms with E-state index < -0.39 is 35.1 Å². The number of carbonyl (C=O) groups is 1. The number of rotatable bonds is 2. The molecule has 0 aliphatic carbocycles. The normalized spacial score (nSPS) is 18.5. The fourth-order valence-corrected chi connectivity index (χ4v) is 2.55. The minimum atomic E-state index is -4.90. The first-order chi connectivity index (χ1) is 10.7. The second-order valence-corrected chi connectivity index (χ2v) is 5.08. The predicted molar refractivity (Wildman–Crippen MR) is 75.6 cm³/mol. The first-order valence-electron chi connectivity index (χ1n) is 6.63. The summed E-state index contributed by atoms with van der Waals surface area (Å²) in [5.41, 5.74) is 5.73. The third-order valence-electron chi connectivity index (χ3n) is 3.56. The number of ketones is 1. The summed E-state index contributed by atoms with van der Waals surface area (Å²) in [6, 6.07) is 8.33. The molecule has 4 nitrogen and oxygen atoms in total. The van der Waals surface area contributed by atoms with Crippen LogP contribution >= 0.6 is 0 Å². The van der Waals surface area contributed by atoms with Gasteiger partial charge in [-0.25, -0.2) is 0 Å². The van der Waals surface area contributed by atoms with Crippen LogP contribution in [-0.2, 0) is 9.53 Å². The summed E-state index contributed by atoms with van der Waals surface area (Å²) in [5, 5.41) is 9.29. The molecule has 1 aliphatic heterocycles. The smallest absolute Gasteiger partial charge is 0.435 e. The second-order valence-electron chi connectivity index (χ2n) is 5.08. The number of hydrogen-bond donors (Lipinski definition) is 1. The minimum absolute atomic E-state index is 0.211. The van der Waals surface area contributed by atoms with Crippen LogP contribution in [0, 0.1) is 18.3 Å². The molecule has 2 rings (SSSR count). The number of allylic oxidation sites excluding steroid dienone is 3. The third kappa shape index (κ3) is 2.93. The number of nitrogens with zero attached hydrogens (tertiary/aromatic N) is 1. The number of carbonyl (C=O) groups excluding carboxylic acids is 1. The van der Waals surface area contributed by atoms with Crippen molar-refractivity contribution in [3.05, 3.63) is 58.2 Å². The maximum absolute atomic E-state index is 13.2. The standard InChI is InChI=1S/C16H13F3N2O2/c1-8-5-3-4-6-10(8)13-11(7-20)15(21)23-14(16(17,18)19)12(13)9(2)22/h3-6,13H,21H2,1-2H3. The van der Waals surface area contributed by atoms with Gasteiger partial charge in [-0.2, -0.15) is 18.4 Å². The van der Waals surface area contributed by atoms with E-state index in [1.54, 1.807) is 37.3 Å². The van der Waals surface area contributed by atoms with E-state index in [1.165, 1.54) is 0 Å². The molecule has 23 heavy (non-hydrogen) atoms. The van der Waals surface area contributed by atoms with Gasteiger partial charge in [0.05, 0.1) is 11.5 Å².